The normalized spacial score (nSPS) is 17.2. The Kier molecular flexibility index (Phi) is 6.10. The van der Waals surface area contributed by atoms with Crippen LogP contribution in [-0.2, 0) is 10.5 Å². The summed E-state index contributed by atoms with van der Waals surface area (Å²) in [6, 6.07) is 4.15. The quantitative estimate of drug-likeness (QED) is 0.866. The van der Waals surface area contributed by atoms with Crippen LogP contribution in [0.3, 0.4) is 0 Å². The van der Waals surface area contributed by atoms with Crippen molar-refractivity contribution < 1.29 is 9.90 Å². The lowest BCUT2D eigenvalue weighted by Gasteiger charge is -2.37. The number of thioether (sulfide) groups is 1. The Labute approximate surface area is 135 Å². The number of thiophene rings is 1. The molecule has 0 radical (unpaired) electrons. The smallest absolute Gasteiger partial charge is 0.232 e. The van der Waals surface area contributed by atoms with Crippen molar-refractivity contribution in [2.75, 3.05) is 38.5 Å². The zero-order valence-electron chi connectivity index (χ0n) is 12.7. The summed E-state index contributed by atoms with van der Waals surface area (Å²) in [6.45, 7) is 7.57. The molecule has 0 saturated carbocycles. The number of rotatable bonds is 6. The van der Waals surface area contributed by atoms with Crippen LogP contribution in [0.4, 0.5) is 0 Å². The third-order valence-corrected chi connectivity index (χ3v) is 5.41. The van der Waals surface area contributed by atoms with Crippen LogP contribution in [0.15, 0.2) is 17.5 Å². The molecule has 0 atom stereocenters. The minimum atomic E-state index is -0.664. The van der Waals surface area contributed by atoms with Crippen molar-refractivity contribution in [1.82, 2.24) is 9.80 Å². The Morgan fingerprint density at radius 1 is 1.38 bits per heavy atom. The van der Waals surface area contributed by atoms with Gasteiger partial charge in [0.05, 0.1) is 11.4 Å². The van der Waals surface area contributed by atoms with Crippen molar-refractivity contribution in [3.8, 4) is 0 Å². The first kappa shape index (κ1) is 16.8. The lowest BCUT2D eigenvalue weighted by Crippen LogP contribution is -2.52. The maximum absolute atomic E-state index is 12.2. The Bertz CT molecular complexity index is 435. The second kappa shape index (κ2) is 7.63. The van der Waals surface area contributed by atoms with Gasteiger partial charge in [0.25, 0.3) is 0 Å². The van der Waals surface area contributed by atoms with Gasteiger partial charge in [0.2, 0.25) is 5.91 Å². The summed E-state index contributed by atoms with van der Waals surface area (Å²) in [5.74, 6) is 1.71. The largest absolute Gasteiger partial charge is 0.389 e. The summed E-state index contributed by atoms with van der Waals surface area (Å²) < 4.78 is 0. The molecule has 0 aromatic carbocycles. The van der Waals surface area contributed by atoms with E-state index >= 15 is 0 Å². The van der Waals surface area contributed by atoms with Crippen LogP contribution in [0.2, 0.25) is 0 Å². The third-order valence-electron chi connectivity index (χ3n) is 3.39. The summed E-state index contributed by atoms with van der Waals surface area (Å²) in [7, 11) is 0. The number of amides is 1. The van der Waals surface area contributed by atoms with Crippen LogP contribution in [0, 0.1) is 0 Å². The third kappa shape index (κ3) is 5.98. The van der Waals surface area contributed by atoms with Crippen LogP contribution in [0.5, 0.6) is 0 Å². The summed E-state index contributed by atoms with van der Waals surface area (Å²) in [5, 5.41) is 11.9. The van der Waals surface area contributed by atoms with Crippen molar-refractivity contribution in [3.05, 3.63) is 22.4 Å². The molecule has 0 unspecified atom stereocenters. The molecule has 2 heterocycles. The molecule has 1 aromatic rings. The number of β-amino-alcohol motifs (C(OH)–C–C–N with tert-alkyl or cyclic N) is 1. The number of nitrogens with zero attached hydrogens (tertiary/aromatic N) is 2. The highest BCUT2D eigenvalue weighted by Gasteiger charge is 2.24. The fourth-order valence-electron chi connectivity index (χ4n) is 2.43. The van der Waals surface area contributed by atoms with E-state index in [-0.39, 0.29) is 5.91 Å². The van der Waals surface area contributed by atoms with Gasteiger partial charge < -0.3 is 10.0 Å². The van der Waals surface area contributed by atoms with Gasteiger partial charge in [-0.3, -0.25) is 9.69 Å². The molecule has 4 nitrogen and oxygen atoms in total. The molecule has 21 heavy (non-hydrogen) atoms. The average molecular weight is 329 g/mol. The van der Waals surface area contributed by atoms with E-state index in [0.29, 0.717) is 12.3 Å². The van der Waals surface area contributed by atoms with Crippen molar-refractivity contribution >= 4 is 29.0 Å². The van der Waals surface area contributed by atoms with E-state index in [1.54, 1.807) is 23.1 Å². The zero-order valence-corrected chi connectivity index (χ0v) is 14.4. The first-order valence-electron chi connectivity index (χ1n) is 7.27. The van der Waals surface area contributed by atoms with Gasteiger partial charge in [-0.05, 0) is 25.3 Å². The molecule has 6 heteroatoms. The number of hydrogen-bond acceptors (Lipinski definition) is 5. The van der Waals surface area contributed by atoms with E-state index in [2.05, 4.69) is 16.3 Å². The van der Waals surface area contributed by atoms with Crippen molar-refractivity contribution in [2.24, 2.45) is 0 Å². The second-order valence-corrected chi connectivity index (χ2v) is 8.06. The fourth-order valence-corrected chi connectivity index (χ4v) is 4.20. The molecule has 2 rings (SSSR count). The van der Waals surface area contributed by atoms with Crippen LogP contribution in [0.1, 0.15) is 18.7 Å². The van der Waals surface area contributed by atoms with Gasteiger partial charge in [-0.2, -0.15) is 0 Å². The molecule has 118 valence electrons. The molecule has 0 spiro atoms. The Morgan fingerprint density at radius 3 is 2.67 bits per heavy atom. The minimum Gasteiger partial charge on any atom is -0.389 e. The predicted molar refractivity (Wildman–Crippen MR) is 89.8 cm³/mol. The molecular weight excluding hydrogens is 304 g/mol. The Morgan fingerprint density at radius 2 is 2.10 bits per heavy atom. The van der Waals surface area contributed by atoms with E-state index in [1.165, 1.54) is 4.88 Å². The zero-order chi connectivity index (χ0) is 15.3. The molecular formula is C15H24N2O2S2. The van der Waals surface area contributed by atoms with Gasteiger partial charge >= 0.3 is 0 Å². The maximum atomic E-state index is 12.2. The van der Waals surface area contributed by atoms with Crippen LogP contribution in [-0.4, -0.2) is 64.9 Å². The van der Waals surface area contributed by atoms with Gasteiger partial charge in [0.1, 0.15) is 0 Å². The summed E-state index contributed by atoms with van der Waals surface area (Å²) in [5.41, 5.74) is -0.664. The molecule has 1 aliphatic heterocycles. The highest BCUT2D eigenvalue weighted by Crippen LogP contribution is 2.18. The van der Waals surface area contributed by atoms with Crippen LogP contribution >= 0.6 is 23.1 Å². The van der Waals surface area contributed by atoms with Crippen molar-refractivity contribution in [2.45, 2.75) is 25.2 Å². The number of hydrogen-bond donors (Lipinski definition) is 1. The summed E-state index contributed by atoms with van der Waals surface area (Å²) >= 11 is 3.43. The van der Waals surface area contributed by atoms with E-state index in [4.69, 9.17) is 0 Å². The van der Waals surface area contributed by atoms with Crippen molar-refractivity contribution in [3.63, 3.8) is 0 Å². The summed E-state index contributed by atoms with van der Waals surface area (Å²) in [6.07, 6.45) is 0. The van der Waals surface area contributed by atoms with E-state index < -0.39 is 5.60 Å². The fraction of sp³-hybridized carbons (Fsp3) is 0.667. The number of aliphatic hydroxyl groups is 1. The highest BCUT2D eigenvalue weighted by molar-refractivity contribution is 7.99. The molecule has 1 aromatic heterocycles. The van der Waals surface area contributed by atoms with E-state index in [1.807, 2.05) is 24.8 Å². The van der Waals surface area contributed by atoms with E-state index in [0.717, 1.165) is 31.9 Å². The average Bonchev–Trinajstić information content (AvgIpc) is 2.91. The van der Waals surface area contributed by atoms with E-state index in [9.17, 15) is 9.90 Å². The minimum absolute atomic E-state index is 0.236. The molecule has 1 N–H and O–H groups in total. The molecule has 1 aliphatic rings. The standard InChI is InChI=1S/C15H24N2O2S2/c1-15(2,19)12-16-5-7-17(8-6-16)14(18)11-20-10-13-4-3-9-21-13/h3-4,9,19H,5-8,10-12H2,1-2H3. The predicted octanol–water partition coefficient (Wildman–Crippen LogP) is 1.90. The van der Waals surface area contributed by atoms with Crippen LogP contribution < -0.4 is 0 Å². The number of carbonyl (C=O) groups excluding carboxylic acids is 1. The molecule has 1 saturated heterocycles. The van der Waals surface area contributed by atoms with Crippen molar-refractivity contribution in [1.29, 1.82) is 0 Å². The monoisotopic (exact) mass is 328 g/mol. The summed E-state index contributed by atoms with van der Waals surface area (Å²) in [4.78, 5) is 17.7. The highest BCUT2D eigenvalue weighted by atomic mass is 32.2. The maximum Gasteiger partial charge on any atom is 0.232 e. The molecule has 1 fully saturated rings. The number of carbonyl (C=O) groups is 1. The first-order valence-corrected chi connectivity index (χ1v) is 9.30. The Balaban J connectivity index is 1.66. The van der Waals surface area contributed by atoms with Gasteiger partial charge in [-0.15, -0.1) is 23.1 Å². The van der Waals surface area contributed by atoms with Crippen LogP contribution in [0.25, 0.3) is 0 Å². The second-order valence-electron chi connectivity index (χ2n) is 6.04. The molecule has 1 amide bonds. The van der Waals surface area contributed by atoms with Gasteiger partial charge in [0, 0.05) is 43.4 Å². The molecule has 0 aliphatic carbocycles. The number of piperazine rings is 1. The lowest BCUT2D eigenvalue weighted by atomic mass is 10.1. The molecule has 0 bridgehead atoms. The lowest BCUT2D eigenvalue weighted by molar-refractivity contribution is -0.130. The van der Waals surface area contributed by atoms with Gasteiger partial charge in [-0.25, -0.2) is 0 Å². The Hall–Kier alpha value is -0.560. The van der Waals surface area contributed by atoms with Gasteiger partial charge in [-0.1, -0.05) is 6.07 Å². The SMILES string of the molecule is CC(C)(O)CN1CCN(C(=O)CSCc2cccs2)CC1. The first-order chi connectivity index (χ1) is 9.94. The van der Waals surface area contributed by atoms with Gasteiger partial charge in [0.15, 0.2) is 0 Å². The topological polar surface area (TPSA) is 43.8 Å².